The lowest BCUT2D eigenvalue weighted by molar-refractivity contribution is -0.137. The maximum Gasteiger partial charge on any atom is 0.416 e. The number of aromatic nitrogens is 2. The van der Waals surface area contributed by atoms with Gasteiger partial charge < -0.3 is 5.73 Å². The zero-order valence-corrected chi connectivity index (χ0v) is 16.1. The number of carbonyl (C=O) groups is 1. The molecule has 0 saturated carbocycles. The number of nitrogens with zero attached hydrogens (tertiary/aromatic N) is 1. The second-order valence-electron chi connectivity index (χ2n) is 6.67. The van der Waals surface area contributed by atoms with Crippen molar-refractivity contribution in [1.82, 2.24) is 10.2 Å². The summed E-state index contributed by atoms with van der Waals surface area (Å²) in [6, 6.07) is 8.80. The number of hydrogen-bond acceptors (Lipinski definition) is 2. The summed E-state index contributed by atoms with van der Waals surface area (Å²) in [5, 5.41) is 7.17. The Bertz CT molecular complexity index is 1350. The first-order valence-electron chi connectivity index (χ1n) is 8.71. The molecule has 10 heteroatoms. The van der Waals surface area contributed by atoms with Gasteiger partial charge >= 0.3 is 6.18 Å². The number of halogens is 6. The number of rotatable bonds is 3. The van der Waals surface area contributed by atoms with E-state index in [9.17, 15) is 26.7 Å². The summed E-state index contributed by atoms with van der Waals surface area (Å²) in [7, 11) is 0. The number of nitrogens with one attached hydrogen (secondary N) is 1. The van der Waals surface area contributed by atoms with Gasteiger partial charge in [-0.3, -0.25) is 9.89 Å². The number of carbonyl (C=O) groups excluding carboxylic acids is 1. The normalized spacial score (nSPS) is 11.8. The van der Waals surface area contributed by atoms with E-state index in [1.807, 2.05) is 0 Å². The van der Waals surface area contributed by atoms with Crippen LogP contribution in [0.2, 0.25) is 5.02 Å². The summed E-state index contributed by atoms with van der Waals surface area (Å²) in [6.07, 6.45) is -4.88. The van der Waals surface area contributed by atoms with Crippen LogP contribution in [0, 0.1) is 11.6 Å². The fourth-order valence-corrected chi connectivity index (χ4v) is 3.61. The monoisotopic (exact) mass is 451 g/mol. The molecule has 1 amide bonds. The third-order valence-corrected chi connectivity index (χ3v) is 5.06. The maximum atomic E-state index is 15.0. The van der Waals surface area contributed by atoms with E-state index in [1.54, 1.807) is 6.07 Å². The van der Waals surface area contributed by atoms with Crippen LogP contribution in [0.3, 0.4) is 0 Å². The average Bonchev–Trinajstić information content (AvgIpc) is 3.12. The van der Waals surface area contributed by atoms with Gasteiger partial charge in [0, 0.05) is 16.5 Å². The van der Waals surface area contributed by atoms with Gasteiger partial charge in [-0.2, -0.15) is 18.3 Å². The highest BCUT2D eigenvalue weighted by molar-refractivity contribution is 6.33. The first kappa shape index (κ1) is 20.8. The highest BCUT2D eigenvalue weighted by Crippen LogP contribution is 2.41. The van der Waals surface area contributed by atoms with Crippen molar-refractivity contribution in [3.05, 3.63) is 76.3 Å². The van der Waals surface area contributed by atoms with Crippen LogP contribution in [0.25, 0.3) is 33.3 Å². The highest BCUT2D eigenvalue weighted by atomic mass is 35.5. The maximum absolute atomic E-state index is 15.0. The molecule has 31 heavy (non-hydrogen) atoms. The fraction of sp³-hybridized carbons (Fsp3) is 0.0476. The molecule has 4 rings (SSSR count). The lowest BCUT2D eigenvalue weighted by Crippen LogP contribution is -2.16. The lowest BCUT2D eigenvalue weighted by atomic mass is 9.92. The summed E-state index contributed by atoms with van der Waals surface area (Å²) in [5.74, 6) is -3.14. The van der Waals surface area contributed by atoms with Crippen molar-refractivity contribution in [1.29, 1.82) is 0 Å². The number of fused-ring (bicyclic) bond motifs is 1. The van der Waals surface area contributed by atoms with Gasteiger partial charge in [0.05, 0.1) is 27.4 Å². The molecule has 0 bridgehead atoms. The molecular weight excluding hydrogens is 441 g/mol. The Hall–Kier alpha value is -3.46. The SMILES string of the molecule is NC(=O)c1cc(C(F)(F)F)cc(F)c1-c1cccc2n[nH]c(-c3cc(F)ccc3Cl)c12. The van der Waals surface area contributed by atoms with E-state index < -0.39 is 40.4 Å². The molecule has 0 saturated heterocycles. The molecule has 3 aromatic carbocycles. The predicted octanol–water partition coefficient (Wildman–Crippen LogP) is 5.95. The minimum Gasteiger partial charge on any atom is -0.366 e. The molecule has 4 aromatic rings. The van der Waals surface area contributed by atoms with Crippen LogP contribution < -0.4 is 5.73 Å². The van der Waals surface area contributed by atoms with Crippen LogP contribution in [0.4, 0.5) is 22.0 Å². The second kappa shape index (κ2) is 7.35. The Labute approximate surface area is 176 Å². The minimum atomic E-state index is -4.88. The van der Waals surface area contributed by atoms with Gasteiger partial charge in [-0.15, -0.1) is 0 Å². The predicted molar refractivity (Wildman–Crippen MR) is 105 cm³/mol. The molecular formula is C21H11ClF5N3O. The third kappa shape index (κ3) is 3.61. The second-order valence-corrected chi connectivity index (χ2v) is 7.07. The molecule has 0 atom stereocenters. The molecule has 3 N–H and O–H groups in total. The van der Waals surface area contributed by atoms with E-state index in [1.165, 1.54) is 18.2 Å². The lowest BCUT2D eigenvalue weighted by Gasteiger charge is -2.15. The molecule has 0 aliphatic rings. The van der Waals surface area contributed by atoms with Crippen LogP contribution in [0.1, 0.15) is 15.9 Å². The van der Waals surface area contributed by atoms with Crippen molar-refractivity contribution in [2.24, 2.45) is 5.73 Å². The van der Waals surface area contributed by atoms with Crippen LogP contribution >= 0.6 is 11.6 Å². The minimum absolute atomic E-state index is 0.0432. The summed E-state index contributed by atoms with van der Waals surface area (Å²) >= 11 is 6.18. The number of amides is 1. The Balaban J connectivity index is 2.08. The Morgan fingerprint density at radius 3 is 2.45 bits per heavy atom. The molecule has 0 unspecified atom stereocenters. The van der Waals surface area contributed by atoms with E-state index in [0.29, 0.717) is 11.6 Å². The van der Waals surface area contributed by atoms with Crippen molar-refractivity contribution in [3.8, 4) is 22.4 Å². The van der Waals surface area contributed by atoms with Crippen molar-refractivity contribution >= 4 is 28.4 Å². The summed E-state index contributed by atoms with van der Waals surface area (Å²) < 4.78 is 68.2. The molecule has 0 aliphatic heterocycles. The van der Waals surface area contributed by atoms with Gasteiger partial charge in [0.1, 0.15) is 11.6 Å². The number of hydrogen-bond donors (Lipinski definition) is 2. The topological polar surface area (TPSA) is 71.8 Å². The van der Waals surface area contributed by atoms with Gasteiger partial charge in [-0.1, -0.05) is 23.7 Å². The summed E-state index contributed by atoms with van der Waals surface area (Å²) in [4.78, 5) is 11.9. The molecule has 0 radical (unpaired) electrons. The number of nitrogens with two attached hydrogens (primary N) is 1. The molecule has 0 spiro atoms. The molecule has 0 fully saturated rings. The number of primary amides is 1. The van der Waals surface area contributed by atoms with Crippen LogP contribution in [0.5, 0.6) is 0 Å². The largest absolute Gasteiger partial charge is 0.416 e. The Morgan fingerprint density at radius 1 is 1.03 bits per heavy atom. The Morgan fingerprint density at radius 2 is 1.77 bits per heavy atom. The van der Waals surface area contributed by atoms with Gasteiger partial charge in [0.25, 0.3) is 0 Å². The van der Waals surface area contributed by atoms with Crippen molar-refractivity contribution in [2.75, 3.05) is 0 Å². The average molecular weight is 452 g/mol. The van der Waals surface area contributed by atoms with E-state index in [-0.39, 0.29) is 33.3 Å². The first-order chi connectivity index (χ1) is 14.6. The smallest absolute Gasteiger partial charge is 0.366 e. The standard InChI is InChI=1S/C21H11ClF5N3O/c22-14-5-4-10(23)8-12(14)19-18-11(2-1-3-16(18)29-30-19)17-13(20(28)31)6-9(7-15(17)24)21(25,26)27/h1-8H,(H2,28,31)(H,29,30). The number of benzene rings is 3. The zero-order valence-electron chi connectivity index (χ0n) is 15.3. The summed E-state index contributed by atoms with van der Waals surface area (Å²) in [5.41, 5.74) is 3.58. The van der Waals surface area contributed by atoms with Crippen LogP contribution in [-0.4, -0.2) is 16.1 Å². The highest BCUT2D eigenvalue weighted by Gasteiger charge is 2.34. The van der Waals surface area contributed by atoms with Crippen LogP contribution in [0.15, 0.2) is 48.5 Å². The van der Waals surface area contributed by atoms with Crippen molar-refractivity contribution in [3.63, 3.8) is 0 Å². The molecule has 4 nitrogen and oxygen atoms in total. The zero-order chi connectivity index (χ0) is 22.5. The van der Waals surface area contributed by atoms with Gasteiger partial charge in [0.15, 0.2) is 0 Å². The van der Waals surface area contributed by atoms with E-state index in [2.05, 4.69) is 10.2 Å². The van der Waals surface area contributed by atoms with Crippen molar-refractivity contribution in [2.45, 2.75) is 6.18 Å². The first-order valence-corrected chi connectivity index (χ1v) is 9.09. The fourth-order valence-electron chi connectivity index (χ4n) is 3.40. The molecule has 158 valence electrons. The van der Waals surface area contributed by atoms with Crippen molar-refractivity contribution < 1.29 is 26.7 Å². The van der Waals surface area contributed by atoms with E-state index in [0.717, 1.165) is 12.1 Å². The number of aromatic amines is 1. The summed E-state index contributed by atoms with van der Waals surface area (Å²) in [6.45, 7) is 0. The molecule has 1 aromatic heterocycles. The van der Waals surface area contributed by atoms with Crippen LogP contribution in [-0.2, 0) is 6.18 Å². The molecule has 1 heterocycles. The number of H-pyrrole nitrogens is 1. The van der Waals surface area contributed by atoms with E-state index >= 15 is 0 Å². The molecule has 0 aliphatic carbocycles. The van der Waals surface area contributed by atoms with Gasteiger partial charge in [-0.05, 0) is 42.0 Å². The Kier molecular flexibility index (Phi) is 4.93. The van der Waals surface area contributed by atoms with Gasteiger partial charge in [0.2, 0.25) is 5.91 Å². The van der Waals surface area contributed by atoms with E-state index in [4.69, 9.17) is 17.3 Å². The number of alkyl halides is 3. The third-order valence-electron chi connectivity index (χ3n) is 4.73. The quantitative estimate of drug-likeness (QED) is 0.378. The van der Waals surface area contributed by atoms with Gasteiger partial charge in [-0.25, -0.2) is 8.78 Å².